The normalized spacial score (nSPS) is 10.0. The Morgan fingerprint density at radius 1 is 1.25 bits per heavy atom. The summed E-state index contributed by atoms with van der Waals surface area (Å²) in [5, 5.41) is 16.1. The number of hydrogen-bond acceptors (Lipinski definition) is 4. The van der Waals surface area contributed by atoms with Crippen molar-refractivity contribution in [3.05, 3.63) is 52.0 Å². The first-order valence-electron chi connectivity index (χ1n) is 5.86. The van der Waals surface area contributed by atoms with Crippen LogP contribution in [0.4, 0.5) is 4.79 Å². The summed E-state index contributed by atoms with van der Waals surface area (Å²) in [4.78, 5) is 26.4. The van der Waals surface area contributed by atoms with Crippen molar-refractivity contribution in [3.63, 3.8) is 0 Å². The Labute approximate surface area is 119 Å². The molecular formula is C13H13N3O3S. The monoisotopic (exact) mass is 291 g/mol. The zero-order valence-corrected chi connectivity index (χ0v) is 11.3. The third-order valence-electron chi connectivity index (χ3n) is 2.54. The van der Waals surface area contributed by atoms with Crippen LogP contribution in [0.1, 0.15) is 21.6 Å². The van der Waals surface area contributed by atoms with E-state index in [9.17, 15) is 9.59 Å². The van der Waals surface area contributed by atoms with Gasteiger partial charge in [-0.3, -0.25) is 0 Å². The number of benzene rings is 1. The van der Waals surface area contributed by atoms with Gasteiger partial charge in [-0.2, -0.15) is 0 Å². The molecule has 3 N–H and O–H groups in total. The van der Waals surface area contributed by atoms with Crippen molar-refractivity contribution in [2.75, 3.05) is 0 Å². The van der Waals surface area contributed by atoms with E-state index in [1.54, 1.807) is 17.6 Å². The molecule has 1 heterocycles. The lowest BCUT2D eigenvalue weighted by Crippen LogP contribution is -2.34. The van der Waals surface area contributed by atoms with Crippen LogP contribution in [0.5, 0.6) is 0 Å². The van der Waals surface area contributed by atoms with Gasteiger partial charge in [0.2, 0.25) is 0 Å². The second-order valence-corrected chi connectivity index (χ2v) is 4.74. The van der Waals surface area contributed by atoms with Gasteiger partial charge in [0.15, 0.2) is 0 Å². The lowest BCUT2D eigenvalue weighted by molar-refractivity contribution is 0.0696. The maximum absolute atomic E-state index is 11.6. The number of aromatic carboxylic acids is 1. The van der Waals surface area contributed by atoms with Gasteiger partial charge in [0.1, 0.15) is 0 Å². The minimum absolute atomic E-state index is 0.201. The second-order valence-electron chi connectivity index (χ2n) is 4.02. The molecule has 0 aliphatic heterocycles. The molecule has 2 aromatic rings. The number of urea groups is 1. The summed E-state index contributed by atoms with van der Waals surface area (Å²) in [6, 6.07) is 6.12. The van der Waals surface area contributed by atoms with Crippen LogP contribution >= 0.6 is 11.3 Å². The molecule has 7 heteroatoms. The van der Waals surface area contributed by atoms with Gasteiger partial charge in [-0.05, 0) is 17.7 Å². The van der Waals surface area contributed by atoms with E-state index in [1.807, 2.05) is 5.38 Å². The van der Waals surface area contributed by atoms with E-state index >= 15 is 0 Å². The number of nitrogens with one attached hydrogen (secondary N) is 2. The molecule has 2 rings (SSSR count). The summed E-state index contributed by atoms with van der Waals surface area (Å²) in [5.41, 5.74) is 3.44. The van der Waals surface area contributed by atoms with Crippen molar-refractivity contribution in [2.24, 2.45) is 0 Å². The number of carboxylic acids is 1. The van der Waals surface area contributed by atoms with E-state index in [1.165, 1.54) is 23.5 Å². The van der Waals surface area contributed by atoms with Crippen molar-refractivity contribution in [3.8, 4) is 0 Å². The topological polar surface area (TPSA) is 91.3 Å². The summed E-state index contributed by atoms with van der Waals surface area (Å²) < 4.78 is 0. The maximum Gasteiger partial charge on any atom is 0.335 e. The largest absolute Gasteiger partial charge is 0.478 e. The third kappa shape index (κ3) is 4.06. The second kappa shape index (κ2) is 6.67. The third-order valence-corrected chi connectivity index (χ3v) is 3.18. The molecule has 0 spiro atoms. The van der Waals surface area contributed by atoms with Crippen LogP contribution in [0.3, 0.4) is 0 Å². The maximum atomic E-state index is 11.6. The Bertz CT molecular complexity index is 599. The predicted molar refractivity (Wildman–Crippen MR) is 74.6 cm³/mol. The standard InChI is InChI=1S/C13H13N3O3S/c17-12(18)10-3-1-2-9(4-10)5-14-13(19)15-6-11-7-20-8-16-11/h1-4,7-8H,5-6H2,(H,17,18)(H2,14,15,19). The molecule has 0 fully saturated rings. The van der Waals surface area contributed by atoms with Crippen LogP contribution in [0.2, 0.25) is 0 Å². The SMILES string of the molecule is O=C(NCc1cccc(C(=O)O)c1)NCc1cscn1. The Kier molecular flexibility index (Phi) is 4.67. The summed E-state index contributed by atoms with van der Waals surface area (Å²) in [6.45, 7) is 0.633. The number of aromatic nitrogens is 1. The minimum Gasteiger partial charge on any atom is -0.478 e. The highest BCUT2D eigenvalue weighted by molar-refractivity contribution is 7.07. The van der Waals surface area contributed by atoms with E-state index in [2.05, 4.69) is 15.6 Å². The highest BCUT2D eigenvalue weighted by Gasteiger charge is 2.05. The predicted octanol–water partition coefficient (Wildman–Crippen LogP) is 1.84. The van der Waals surface area contributed by atoms with Crippen molar-refractivity contribution in [1.82, 2.24) is 15.6 Å². The zero-order valence-electron chi connectivity index (χ0n) is 10.5. The van der Waals surface area contributed by atoms with Gasteiger partial charge >= 0.3 is 12.0 Å². The zero-order chi connectivity index (χ0) is 14.4. The number of carbonyl (C=O) groups excluding carboxylic acids is 1. The summed E-state index contributed by atoms with van der Waals surface area (Å²) in [5.74, 6) is -0.986. The number of carboxylic acid groups (broad SMARTS) is 1. The van der Waals surface area contributed by atoms with Gasteiger partial charge in [-0.15, -0.1) is 11.3 Å². The molecule has 0 atom stereocenters. The Balaban J connectivity index is 1.81. The molecular weight excluding hydrogens is 278 g/mol. The van der Waals surface area contributed by atoms with Gasteiger partial charge in [-0.25, -0.2) is 14.6 Å². The first kappa shape index (κ1) is 14.0. The molecule has 2 amide bonds. The summed E-state index contributed by atoms with van der Waals surface area (Å²) >= 11 is 1.47. The Morgan fingerprint density at radius 3 is 2.75 bits per heavy atom. The van der Waals surface area contributed by atoms with Gasteiger partial charge in [0.25, 0.3) is 0 Å². The molecule has 6 nitrogen and oxygen atoms in total. The van der Waals surface area contributed by atoms with Gasteiger partial charge < -0.3 is 15.7 Å². The lowest BCUT2D eigenvalue weighted by atomic mass is 10.1. The molecule has 0 unspecified atom stereocenters. The van der Waals surface area contributed by atoms with Crippen molar-refractivity contribution in [1.29, 1.82) is 0 Å². The molecule has 0 aliphatic carbocycles. The first-order chi connectivity index (χ1) is 9.65. The average Bonchev–Trinajstić information content (AvgIpc) is 2.96. The average molecular weight is 291 g/mol. The number of rotatable bonds is 5. The number of amides is 2. The van der Waals surface area contributed by atoms with Crippen LogP contribution in [0, 0.1) is 0 Å². The smallest absolute Gasteiger partial charge is 0.335 e. The quantitative estimate of drug-likeness (QED) is 0.784. The fourth-order valence-corrected chi connectivity index (χ4v) is 2.11. The minimum atomic E-state index is -0.986. The van der Waals surface area contributed by atoms with Crippen molar-refractivity contribution >= 4 is 23.3 Å². The van der Waals surface area contributed by atoms with Crippen molar-refractivity contribution < 1.29 is 14.7 Å². The molecule has 20 heavy (non-hydrogen) atoms. The van der Waals surface area contributed by atoms with E-state index in [0.717, 1.165) is 11.3 Å². The number of hydrogen-bond donors (Lipinski definition) is 3. The number of carbonyl (C=O) groups is 2. The number of nitrogens with zero attached hydrogens (tertiary/aromatic N) is 1. The molecule has 0 aliphatic rings. The number of thiazole rings is 1. The highest BCUT2D eigenvalue weighted by Crippen LogP contribution is 2.05. The van der Waals surface area contributed by atoms with E-state index in [4.69, 9.17) is 5.11 Å². The van der Waals surface area contributed by atoms with Crippen LogP contribution in [-0.4, -0.2) is 22.1 Å². The first-order valence-corrected chi connectivity index (χ1v) is 6.80. The van der Waals surface area contributed by atoms with Gasteiger partial charge in [0.05, 0.1) is 23.3 Å². The molecule has 0 bridgehead atoms. The van der Waals surface area contributed by atoms with E-state index in [0.29, 0.717) is 6.54 Å². The molecule has 0 radical (unpaired) electrons. The summed E-state index contributed by atoms with van der Waals surface area (Å²) in [6.07, 6.45) is 0. The van der Waals surface area contributed by atoms with Crippen molar-refractivity contribution in [2.45, 2.75) is 13.1 Å². The molecule has 0 saturated carbocycles. The lowest BCUT2D eigenvalue weighted by Gasteiger charge is -2.07. The summed E-state index contributed by atoms with van der Waals surface area (Å²) in [7, 11) is 0. The van der Waals surface area contributed by atoms with Crippen LogP contribution < -0.4 is 10.6 Å². The molecule has 1 aromatic heterocycles. The van der Waals surface area contributed by atoms with Crippen LogP contribution in [-0.2, 0) is 13.1 Å². The van der Waals surface area contributed by atoms with Gasteiger partial charge in [0, 0.05) is 11.9 Å². The van der Waals surface area contributed by atoms with E-state index < -0.39 is 5.97 Å². The Hall–Kier alpha value is -2.41. The Morgan fingerprint density at radius 2 is 2.05 bits per heavy atom. The van der Waals surface area contributed by atoms with Gasteiger partial charge in [-0.1, -0.05) is 12.1 Å². The highest BCUT2D eigenvalue weighted by atomic mass is 32.1. The molecule has 0 saturated heterocycles. The van der Waals surface area contributed by atoms with Crippen LogP contribution in [0.25, 0.3) is 0 Å². The molecule has 1 aromatic carbocycles. The fourth-order valence-electron chi connectivity index (χ4n) is 1.55. The van der Waals surface area contributed by atoms with E-state index in [-0.39, 0.29) is 18.1 Å². The fraction of sp³-hybridized carbons (Fsp3) is 0.154. The van der Waals surface area contributed by atoms with Crippen LogP contribution in [0.15, 0.2) is 35.2 Å². The molecule has 104 valence electrons.